The zero-order chi connectivity index (χ0) is 16.2. The molecule has 0 aromatic heterocycles. The van der Waals surface area contributed by atoms with E-state index in [1.54, 1.807) is 7.11 Å². The smallest absolute Gasteiger partial charge is 0.228 e. The standard InChI is InChI=1S/C18H28N2O2/c1-14-8-5-6-9-15(14)16(20(2)3)12-19-17(21)18(13-22-4)10-7-11-18/h5-6,8-9,16H,7,10-13H2,1-4H3,(H,19,21). The van der Waals surface area contributed by atoms with Crippen LogP contribution >= 0.6 is 0 Å². The van der Waals surface area contributed by atoms with Crippen LogP contribution in [0, 0.1) is 12.3 Å². The highest BCUT2D eigenvalue weighted by molar-refractivity contribution is 5.83. The second kappa shape index (κ2) is 7.25. The third-order valence-corrected chi connectivity index (χ3v) is 4.84. The lowest BCUT2D eigenvalue weighted by molar-refractivity contribution is -0.140. The van der Waals surface area contributed by atoms with Gasteiger partial charge in [-0.15, -0.1) is 0 Å². The molecule has 22 heavy (non-hydrogen) atoms. The minimum atomic E-state index is -0.294. The Bertz CT molecular complexity index is 510. The Morgan fingerprint density at radius 1 is 1.36 bits per heavy atom. The molecule has 0 saturated heterocycles. The number of hydrogen-bond donors (Lipinski definition) is 1. The summed E-state index contributed by atoms with van der Waals surface area (Å²) in [5.41, 5.74) is 2.23. The van der Waals surface area contributed by atoms with Crippen LogP contribution in [0.15, 0.2) is 24.3 Å². The van der Waals surface area contributed by atoms with E-state index in [4.69, 9.17) is 4.74 Å². The predicted octanol–water partition coefficient (Wildman–Crippen LogP) is 2.53. The first-order chi connectivity index (χ1) is 10.5. The van der Waals surface area contributed by atoms with Gasteiger partial charge < -0.3 is 15.0 Å². The Balaban J connectivity index is 2.04. The van der Waals surface area contributed by atoms with Crippen LogP contribution in [0.1, 0.15) is 36.4 Å². The van der Waals surface area contributed by atoms with Crippen molar-refractivity contribution in [2.24, 2.45) is 5.41 Å². The van der Waals surface area contributed by atoms with Gasteiger partial charge in [0.25, 0.3) is 0 Å². The summed E-state index contributed by atoms with van der Waals surface area (Å²) in [5.74, 6) is 0.140. The Morgan fingerprint density at radius 2 is 2.05 bits per heavy atom. The number of benzene rings is 1. The topological polar surface area (TPSA) is 41.6 Å². The van der Waals surface area contributed by atoms with E-state index in [1.807, 2.05) is 6.07 Å². The van der Waals surface area contributed by atoms with Crippen LogP contribution < -0.4 is 5.32 Å². The van der Waals surface area contributed by atoms with Gasteiger partial charge in [-0.25, -0.2) is 0 Å². The van der Waals surface area contributed by atoms with E-state index in [9.17, 15) is 4.79 Å². The molecule has 1 aromatic carbocycles. The normalized spacial score (nSPS) is 17.9. The average Bonchev–Trinajstić information content (AvgIpc) is 2.44. The molecule has 0 bridgehead atoms. The van der Waals surface area contributed by atoms with Crippen LogP contribution in [0.25, 0.3) is 0 Å². The third kappa shape index (κ3) is 3.50. The molecule has 0 heterocycles. The molecule has 1 unspecified atom stereocenters. The van der Waals surface area contributed by atoms with Gasteiger partial charge in [-0.1, -0.05) is 30.7 Å². The van der Waals surface area contributed by atoms with Gasteiger partial charge in [0.05, 0.1) is 18.1 Å². The minimum Gasteiger partial charge on any atom is -0.384 e. The number of carbonyl (C=O) groups excluding carboxylic acids is 1. The second-order valence-corrected chi connectivity index (χ2v) is 6.61. The van der Waals surface area contributed by atoms with Crippen molar-refractivity contribution in [3.8, 4) is 0 Å². The number of carbonyl (C=O) groups is 1. The van der Waals surface area contributed by atoms with Crippen LogP contribution in [-0.4, -0.2) is 45.2 Å². The average molecular weight is 304 g/mol. The van der Waals surface area contributed by atoms with Gasteiger partial charge in [-0.05, 0) is 45.0 Å². The van der Waals surface area contributed by atoms with Crippen molar-refractivity contribution < 1.29 is 9.53 Å². The van der Waals surface area contributed by atoms with E-state index >= 15 is 0 Å². The fourth-order valence-corrected chi connectivity index (χ4v) is 3.23. The minimum absolute atomic E-state index is 0.140. The molecule has 1 N–H and O–H groups in total. The molecule has 0 aliphatic heterocycles. The summed E-state index contributed by atoms with van der Waals surface area (Å²) in [6.45, 7) is 3.27. The first kappa shape index (κ1) is 17.0. The maximum atomic E-state index is 12.6. The number of likely N-dealkylation sites (N-methyl/N-ethyl adjacent to an activating group) is 1. The Hall–Kier alpha value is -1.39. The summed E-state index contributed by atoms with van der Waals surface area (Å²) in [5, 5.41) is 3.16. The molecular weight excluding hydrogens is 276 g/mol. The van der Waals surface area contributed by atoms with Crippen molar-refractivity contribution in [3.63, 3.8) is 0 Å². The molecule has 1 aromatic rings. The highest BCUT2D eigenvalue weighted by Crippen LogP contribution is 2.41. The SMILES string of the molecule is COCC1(C(=O)NCC(c2ccccc2C)N(C)C)CCC1. The van der Waals surface area contributed by atoms with Gasteiger partial charge in [0.15, 0.2) is 0 Å². The molecule has 1 amide bonds. The highest BCUT2D eigenvalue weighted by Gasteiger charge is 2.44. The lowest BCUT2D eigenvalue weighted by Crippen LogP contribution is -2.50. The zero-order valence-corrected chi connectivity index (χ0v) is 14.2. The maximum Gasteiger partial charge on any atom is 0.228 e. The number of methoxy groups -OCH3 is 1. The zero-order valence-electron chi connectivity index (χ0n) is 14.2. The summed E-state index contributed by atoms with van der Waals surface area (Å²) in [7, 11) is 5.78. The van der Waals surface area contributed by atoms with Gasteiger partial charge in [0.1, 0.15) is 0 Å². The van der Waals surface area contributed by atoms with Gasteiger partial charge in [-0.2, -0.15) is 0 Å². The summed E-state index contributed by atoms with van der Waals surface area (Å²) in [6, 6.07) is 8.54. The Labute approximate surface area is 133 Å². The van der Waals surface area contributed by atoms with E-state index in [0.717, 1.165) is 19.3 Å². The Kier molecular flexibility index (Phi) is 5.59. The highest BCUT2D eigenvalue weighted by atomic mass is 16.5. The maximum absolute atomic E-state index is 12.6. The first-order valence-corrected chi connectivity index (χ1v) is 7.99. The van der Waals surface area contributed by atoms with Gasteiger partial charge in [-0.3, -0.25) is 4.79 Å². The molecule has 1 atom stereocenters. The molecule has 4 heteroatoms. The molecule has 1 fully saturated rings. The molecule has 2 rings (SSSR count). The number of amides is 1. The molecule has 0 spiro atoms. The van der Waals surface area contributed by atoms with Crippen molar-refractivity contribution >= 4 is 5.91 Å². The van der Waals surface area contributed by atoms with Crippen LogP contribution in [0.4, 0.5) is 0 Å². The molecular formula is C18H28N2O2. The lowest BCUT2D eigenvalue weighted by atomic mass is 9.68. The first-order valence-electron chi connectivity index (χ1n) is 7.99. The fraction of sp³-hybridized carbons (Fsp3) is 0.611. The van der Waals surface area contributed by atoms with Crippen molar-refractivity contribution in [3.05, 3.63) is 35.4 Å². The van der Waals surface area contributed by atoms with Gasteiger partial charge >= 0.3 is 0 Å². The summed E-state index contributed by atoms with van der Waals surface area (Å²) in [6.07, 6.45) is 2.99. The van der Waals surface area contributed by atoms with Crippen LogP contribution in [0.2, 0.25) is 0 Å². The number of hydrogen-bond acceptors (Lipinski definition) is 3. The fourth-order valence-electron chi connectivity index (χ4n) is 3.23. The summed E-state index contributed by atoms with van der Waals surface area (Å²) < 4.78 is 5.26. The number of nitrogens with one attached hydrogen (secondary N) is 1. The van der Waals surface area contributed by atoms with E-state index in [2.05, 4.69) is 49.4 Å². The van der Waals surface area contributed by atoms with Crippen molar-refractivity contribution in [1.82, 2.24) is 10.2 Å². The number of rotatable bonds is 7. The summed E-state index contributed by atoms with van der Waals surface area (Å²) >= 11 is 0. The van der Waals surface area contributed by atoms with Crippen molar-refractivity contribution in [1.29, 1.82) is 0 Å². The molecule has 4 nitrogen and oxygen atoms in total. The predicted molar refractivity (Wildman–Crippen MR) is 88.8 cm³/mol. The monoisotopic (exact) mass is 304 g/mol. The molecule has 0 radical (unpaired) electrons. The number of nitrogens with zero attached hydrogens (tertiary/aromatic N) is 1. The Morgan fingerprint density at radius 3 is 2.55 bits per heavy atom. The van der Waals surface area contributed by atoms with Gasteiger partial charge in [0, 0.05) is 13.7 Å². The number of ether oxygens (including phenoxy) is 1. The van der Waals surface area contributed by atoms with E-state index in [0.29, 0.717) is 13.2 Å². The van der Waals surface area contributed by atoms with Crippen LogP contribution in [0.3, 0.4) is 0 Å². The van der Waals surface area contributed by atoms with Crippen LogP contribution in [-0.2, 0) is 9.53 Å². The molecule has 1 aliphatic rings. The van der Waals surface area contributed by atoms with Crippen LogP contribution in [0.5, 0.6) is 0 Å². The van der Waals surface area contributed by atoms with E-state index < -0.39 is 0 Å². The van der Waals surface area contributed by atoms with E-state index in [1.165, 1.54) is 11.1 Å². The molecule has 122 valence electrons. The number of aryl methyl sites for hydroxylation is 1. The lowest BCUT2D eigenvalue weighted by Gasteiger charge is -2.40. The molecule has 1 aliphatic carbocycles. The van der Waals surface area contributed by atoms with Crippen molar-refractivity contribution in [2.45, 2.75) is 32.2 Å². The van der Waals surface area contributed by atoms with Gasteiger partial charge in [0.2, 0.25) is 5.91 Å². The second-order valence-electron chi connectivity index (χ2n) is 6.61. The third-order valence-electron chi connectivity index (χ3n) is 4.84. The quantitative estimate of drug-likeness (QED) is 0.841. The summed E-state index contributed by atoms with van der Waals surface area (Å²) in [4.78, 5) is 14.7. The largest absolute Gasteiger partial charge is 0.384 e. The molecule has 1 saturated carbocycles. The van der Waals surface area contributed by atoms with E-state index in [-0.39, 0.29) is 17.4 Å². The van der Waals surface area contributed by atoms with Crippen molar-refractivity contribution in [2.75, 3.05) is 34.4 Å².